The fourth-order valence-electron chi connectivity index (χ4n) is 4.92. The van der Waals surface area contributed by atoms with E-state index in [1.807, 2.05) is 72.3 Å². The van der Waals surface area contributed by atoms with Gasteiger partial charge >= 0.3 is 0 Å². The van der Waals surface area contributed by atoms with Crippen molar-refractivity contribution in [2.24, 2.45) is 0 Å². The number of aromatic nitrogens is 2. The molecule has 9 heteroatoms. The van der Waals surface area contributed by atoms with E-state index in [1.165, 1.54) is 4.90 Å². The van der Waals surface area contributed by atoms with E-state index < -0.39 is 0 Å². The van der Waals surface area contributed by atoms with Crippen molar-refractivity contribution in [3.63, 3.8) is 0 Å². The Morgan fingerprint density at radius 3 is 2.60 bits per heavy atom. The molecule has 1 aromatic heterocycles. The minimum atomic E-state index is -0.356. The van der Waals surface area contributed by atoms with Gasteiger partial charge in [-0.3, -0.25) is 19.5 Å². The summed E-state index contributed by atoms with van der Waals surface area (Å²) in [6.07, 6.45) is 3.55. The van der Waals surface area contributed by atoms with Gasteiger partial charge in [0.05, 0.1) is 11.8 Å². The summed E-state index contributed by atoms with van der Waals surface area (Å²) in [5, 5.41) is 2.95. The summed E-state index contributed by atoms with van der Waals surface area (Å²) in [6.45, 7) is 2.94. The zero-order valence-electron chi connectivity index (χ0n) is 22.2. The average Bonchev–Trinajstić information content (AvgIpc) is 3.74. The van der Waals surface area contributed by atoms with Gasteiger partial charge in [0.25, 0.3) is 5.91 Å². The maximum atomic E-state index is 13.6. The normalized spacial score (nSPS) is 15.7. The number of benzene rings is 3. The van der Waals surface area contributed by atoms with Gasteiger partial charge in [0.1, 0.15) is 6.54 Å². The number of hydrogen-bond donors (Lipinski definition) is 1. The van der Waals surface area contributed by atoms with Crippen molar-refractivity contribution in [3.05, 3.63) is 90.1 Å². The van der Waals surface area contributed by atoms with Gasteiger partial charge in [0.2, 0.25) is 18.6 Å². The number of rotatable bonds is 8. The third kappa shape index (κ3) is 5.55. The first kappa shape index (κ1) is 25.6. The highest BCUT2D eigenvalue weighted by Crippen LogP contribution is 2.33. The lowest BCUT2D eigenvalue weighted by Crippen LogP contribution is -2.42. The van der Waals surface area contributed by atoms with Gasteiger partial charge in [-0.25, -0.2) is 4.98 Å². The molecule has 0 radical (unpaired) electrons. The van der Waals surface area contributed by atoms with Crippen molar-refractivity contribution < 1.29 is 23.8 Å². The monoisotopic (exact) mass is 538 g/mol. The molecule has 40 heavy (non-hydrogen) atoms. The van der Waals surface area contributed by atoms with Crippen LogP contribution in [0.5, 0.6) is 11.5 Å². The summed E-state index contributed by atoms with van der Waals surface area (Å²) in [6, 6.07) is 22.8. The zero-order chi connectivity index (χ0) is 27.5. The van der Waals surface area contributed by atoms with Crippen LogP contribution in [-0.4, -0.2) is 58.9 Å². The molecule has 6 rings (SSSR count). The summed E-state index contributed by atoms with van der Waals surface area (Å²) in [4.78, 5) is 33.3. The minimum Gasteiger partial charge on any atom is -0.454 e. The first-order valence-corrected chi connectivity index (χ1v) is 13.4. The predicted octanol–water partition coefficient (Wildman–Crippen LogP) is 4.84. The predicted molar refractivity (Wildman–Crippen MR) is 150 cm³/mol. The number of nitrogens with one attached hydrogen (secondary N) is 1. The summed E-state index contributed by atoms with van der Waals surface area (Å²) in [7, 11) is 0. The Hall–Kier alpha value is -4.63. The number of carbonyl (C=O) groups excluding carboxylic acids is 2. The first-order valence-electron chi connectivity index (χ1n) is 13.4. The number of fused-ring (bicyclic) bond motifs is 1. The standard InChI is InChI=1S/C31H30N4O5/c1-21-9-12-24(13-10-21)35-18-26(22-6-3-2-4-7-22)32-31(35)33-29(36)19-34(17-25-8-5-15-38-25)30(37)23-11-14-27-28(16-23)40-20-39-27/h2-4,6-7,9-14,16,18,25H,5,8,15,17,19-20H2,1H3,(H,32,33,36)/t25-/m0/s1. The topological polar surface area (TPSA) is 94.9 Å². The molecule has 3 heterocycles. The van der Waals surface area contributed by atoms with Crippen LogP contribution in [0.15, 0.2) is 79.0 Å². The van der Waals surface area contributed by atoms with Gasteiger partial charge in [-0.05, 0) is 50.1 Å². The summed E-state index contributed by atoms with van der Waals surface area (Å²) >= 11 is 0. The lowest BCUT2D eigenvalue weighted by Gasteiger charge is -2.25. The van der Waals surface area contributed by atoms with Gasteiger partial charge in [0, 0.05) is 36.2 Å². The van der Waals surface area contributed by atoms with Crippen LogP contribution in [0.4, 0.5) is 5.95 Å². The molecule has 2 amide bonds. The van der Waals surface area contributed by atoms with Crippen LogP contribution in [-0.2, 0) is 9.53 Å². The fourth-order valence-corrected chi connectivity index (χ4v) is 4.92. The molecule has 1 fully saturated rings. The van der Waals surface area contributed by atoms with Crippen LogP contribution in [0.3, 0.4) is 0 Å². The zero-order valence-corrected chi connectivity index (χ0v) is 22.2. The third-order valence-corrected chi connectivity index (χ3v) is 7.03. The first-order chi connectivity index (χ1) is 19.5. The quantitative estimate of drug-likeness (QED) is 0.345. The van der Waals surface area contributed by atoms with Gasteiger partial charge in [-0.15, -0.1) is 0 Å². The molecule has 9 nitrogen and oxygen atoms in total. The Bertz CT molecular complexity index is 1510. The van der Waals surface area contributed by atoms with E-state index in [9.17, 15) is 9.59 Å². The Morgan fingerprint density at radius 2 is 1.82 bits per heavy atom. The molecule has 3 aromatic carbocycles. The SMILES string of the molecule is Cc1ccc(-n2cc(-c3ccccc3)nc2NC(=O)CN(C[C@@H]2CCCO2)C(=O)c2ccc3c(c2)OCO3)cc1. The fraction of sp³-hybridized carbons (Fsp3) is 0.258. The highest BCUT2D eigenvalue weighted by atomic mass is 16.7. The Kier molecular flexibility index (Phi) is 7.20. The second kappa shape index (κ2) is 11.2. The maximum Gasteiger partial charge on any atom is 0.254 e. The summed E-state index contributed by atoms with van der Waals surface area (Å²) in [5.74, 6) is 0.847. The van der Waals surface area contributed by atoms with E-state index in [0.717, 1.165) is 35.3 Å². The van der Waals surface area contributed by atoms with E-state index in [2.05, 4.69) is 5.32 Å². The van der Waals surface area contributed by atoms with E-state index in [0.29, 0.717) is 36.2 Å². The number of anilines is 1. The molecule has 1 atom stereocenters. The largest absolute Gasteiger partial charge is 0.454 e. The van der Waals surface area contributed by atoms with Crippen LogP contribution in [0.2, 0.25) is 0 Å². The van der Waals surface area contributed by atoms with Crippen molar-refractivity contribution in [3.8, 4) is 28.4 Å². The molecule has 2 aliphatic rings. The Labute approximate surface area is 232 Å². The highest BCUT2D eigenvalue weighted by Gasteiger charge is 2.27. The molecular weight excluding hydrogens is 508 g/mol. The van der Waals surface area contributed by atoms with E-state index in [4.69, 9.17) is 19.2 Å². The van der Waals surface area contributed by atoms with Gasteiger partial charge in [-0.2, -0.15) is 0 Å². The van der Waals surface area contributed by atoms with Gasteiger partial charge in [-0.1, -0.05) is 48.0 Å². The van der Waals surface area contributed by atoms with E-state index in [-0.39, 0.29) is 31.3 Å². The van der Waals surface area contributed by atoms with Gasteiger partial charge < -0.3 is 19.1 Å². The molecule has 2 aliphatic heterocycles. The van der Waals surface area contributed by atoms with Crippen LogP contribution >= 0.6 is 0 Å². The Balaban J connectivity index is 1.26. The summed E-state index contributed by atoms with van der Waals surface area (Å²) in [5.41, 5.74) is 4.07. The second-order valence-electron chi connectivity index (χ2n) is 9.96. The molecule has 0 unspecified atom stereocenters. The van der Waals surface area contributed by atoms with Gasteiger partial charge in [0.15, 0.2) is 11.5 Å². The molecule has 0 spiro atoms. The number of nitrogens with zero attached hydrogens (tertiary/aromatic N) is 3. The van der Waals surface area contributed by atoms with Crippen molar-refractivity contribution in [2.45, 2.75) is 25.9 Å². The number of carbonyl (C=O) groups is 2. The summed E-state index contributed by atoms with van der Waals surface area (Å²) < 4.78 is 18.5. The Morgan fingerprint density at radius 1 is 1.02 bits per heavy atom. The molecule has 4 aromatic rings. The lowest BCUT2D eigenvalue weighted by atomic mass is 10.1. The highest BCUT2D eigenvalue weighted by molar-refractivity contribution is 5.99. The number of imidazole rings is 1. The smallest absolute Gasteiger partial charge is 0.254 e. The van der Waals surface area contributed by atoms with E-state index >= 15 is 0 Å². The van der Waals surface area contributed by atoms with Crippen LogP contribution < -0.4 is 14.8 Å². The molecule has 1 saturated heterocycles. The maximum absolute atomic E-state index is 13.6. The van der Waals surface area contributed by atoms with Crippen molar-refractivity contribution in [1.82, 2.24) is 14.5 Å². The number of ether oxygens (including phenoxy) is 3. The molecule has 204 valence electrons. The van der Waals surface area contributed by atoms with Crippen LogP contribution in [0, 0.1) is 6.92 Å². The minimum absolute atomic E-state index is 0.119. The van der Waals surface area contributed by atoms with E-state index in [1.54, 1.807) is 18.2 Å². The number of amides is 2. The van der Waals surface area contributed by atoms with Crippen molar-refractivity contribution in [2.75, 3.05) is 31.8 Å². The van der Waals surface area contributed by atoms with Crippen molar-refractivity contribution >= 4 is 17.8 Å². The third-order valence-electron chi connectivity index (χ3n) is 7.03. The van der Waals surface area contributed by atoms with Crippen LogP contribution in [0.25, 0.3) is 16.9 Å². The second-order valence-corrected chi connectivity index (χ2v) is 9.96. The molecule has 0 aliphatic carbocycles. The lowest BCUT2D eigenvalue weighted by molar-refractivity contribution is -0.117. The molecule has 1 N–H and O–H groups in total. The van der Waals surface area contributed by atoms with Crippen LogP contribution in [0.1, 0.15) is 28.8 Å². The molecular formula is C31H30N4O5. The number of hydrogen-bond acceptors (Lipinski definition) is 6. The number of aryl methyl sites for hydroxylation is 1. The molecule has 0 bridgehead atoms. The van der Waals surface area contributed by atoms with Crippen molar-refractivity contribution in [1.29, 1.82) is 0 Å². The molecule has 0 saturated carbocycles. The average molecular weight is 539 g/mol.